The third kappa shape index (κ3) is 4.98. The Balaban J connectivity index is 1.53. The number of rotatable bonds is 6. The summed E-state index contributed by atoms with van der Waals surface area (Å²) in [5, 5.41) is 8.78. The normalized spacial score (nSPS) is 21.5. The Morgan fingerprint density at radius 2 is 1.87 bits per heavy atom. The molecule has 1 unspecified atom stereocenters. The highest BCUT2D eigenvalue weighted by Crippen LogP contribution is 2.45. The summed E-state index contributed by atoms with van der Waals surface area (Å²) in [6.45, 7) is 12.4. The summed E-state index contributed by atoms with van der Waals surface area (Å²) >= 11 is 6.89. The minimum absolute atomic E-state index is 0.0249. The van der Waals surface area contributed by atoms with E-state index in [9.17, 15) is 4.79 Å². The van der Waals surface area contributed by atoms with Gasteiger partial charge in [-0.15, -0.1) is 0 Å². The fraction of sp³-hybridized carbons (Fsp3) is 0.517. The summed E-state index contributed by atoms with van der Waals surface area (Å²) in [5.41, 5.74) is 11.8. The average molecular weight is 551 g/mol. The molecule has 3 aliphatic rings. The number of aryl methyl sites for hydroxylation is 1. The highest BCUT2D eigenvalue weighted by Gasteiger charge is 2.37. The van der Waals surface area contributed by atoms with Crippen molar-refractivity contribution < 1.29 is 4.79 Å². The van der Waals surface area contributed by atoms with E-state index >= 15 is 0 Å². The summed E-state index contributed by atoms with van der Waals surface area (Å²) in [5.74, 6) is 2.08. The first kappa shape index (κ1) is 27.4. The summed E-state index contributed by atoms with van der Waals surface area (Å²) in [4.78, 5) is 31.1. The maximum absolute atomic E-state index is 12.2. The molecule has 2 atom stereocenters. The van der Waals surface area contributed by atoms with Gasteiger partial charge in [0.1, 0.15) is 5.82 Å². The molecule has 2 aromatic rings. The minimum Gasteiger partial charge on any atom is -0.398 e. The van der Waals surface area contributed by atoms with Crippen molar-refractivity contribution in [2.75, 3.05) is 68.9 Å². The first-order chi connectivity index (χ1) is 18.6. The molecule has 2 saturated heterocycles. The number of nitrogen functional groups attached to an aromatic ring is 1. The van der Waals surface area contributed by atoms with E-state index in [0.29, 0.717) is 41.8 Å². The Morgan fingerprint density at radius 3 is 2.49 bits per heavy atom. The molecule has 1 aromatic heterocycles. The molecule has 3 N–H and O–H groups in total. The number of anilines is 3. The van der Waals surface area contributed by atoms with Crippen molar-refractivity contribution in [3.8, 4) is 0 Å². The Bertz CT molecular complexity index is 1300. The van der Waals surface area contributed by atoms with Crippen molar-refractivity contribution in [2.24, 2.45) is 5.92 Å². The Morgan fingerprint density at radius 1 is 1.18 bits per heavy atom. The average Bonchev–Trinajstić information content (AvgIpc) is 2.88. The van der Waals surface area contributed by atoms with Gasteiger partial charge in [-0.1, -0.05) is 25.1 Å². The van der Waals surface area contributed by atoms with Gasteiger partial charge in [0.25, 0.3) is 0 Å². The van der Waals surface area contributed by atoms with E-state index in [1.807, 2.05) is 17.9 Å². The smallest absolute Gasteiger partial charge is 0.246 e. The zero-order valence-electron chi connectivity index (χ0n) is 23.4. The number of hydrogen-bond acceptors (Lipinski definition) is 8. The van der Waals surface area contributed by atoms with E-state index in [1.165, 1.54) is 17.9 Å². The lowest BCUT2D eigenvalue weighted by Gasteiger charge is -2.44. The number of fused-ring (bicyclic) bond motifs is 1. The third-order valence-corrected chi connectivity index (χ3v) is 9.20. The highest BCUT2D eigenvalue weighted by atomic mass is 35.5. The highest BCUT2D eigenvalue weighted by molar-refractivity contribution is 6.32. The SMILES string of the molecule is C=CC(=O)N1CCN(c2nc(N3CC(N(C)C)C3)nc3c2C[C@@H](C)C(c2c(Cl)c(C)cc(N)c2C=N)C3)CC1. The molecule has 10 heteroatoms. The van der Waals surface area contributed by atoms with Crippen LogP contribution in [0.5, 0.6) is 0 Å². The lowest BCUT2D eigenvalue weighted by Crippen LogP contribution is -2.58. The van der Waals surface area contributed by atoms with Crippen molar-refractivity contribution in [3.05, 3.63) is 51.7 Å². The van der Waals surface area contributed by atoms with E-state index in [0.717, 1.165) is 61.2 Å². The Labute approximate surface area is 236 Å². The topological polar surface area (TPSA) is 106 Å². The number of benzene rings is 1. The van der Waals surface area contributed by atoms with Gasteiger partial charge in [0.15, 0.2) is 0 Å². The van der Waals surface area contributed by atoms with Gasteiger partial charge >= 0.3 is 0 Å². The first-order valence-electron chi connectivity index (χ1n) is 13.7. The third-order valence-electron chi connectivity index (χ3n) is 8.70. The van der Waals surface area contributed by atoms with Crippen LogP contribution in [-0.2, 0) is 17.6 Å². The van der Waals surface area contributed by atoms with Gasteiger partial charge in [0, 0.05) is 73.4 Å². The number of carbonyl (C=O) groups is 1. The van der Waals surface area contributed by atoms with Gasteiger partial charge in [-0.25, -0.2) is 4.98 Å². The summed E-state index contributed by atoms with van der Waals surface area (Å²) in [6.07, 6.45) is 4.24. The molecular weight excluding hydrogens is 512 g/mol. The molecule has 1 aromatic carbocycles. The standard InChI is InChI=1S/C29H39ClN8O/c1-6-25(39)36-7-9-37(10-8-36)28-21-11-17(2)20(26-22(14-31)23(32)12-18(3)27(26)30)13-24(21)33-29(34-28)38-15-19(16-38)35(4)5/h6,12,14,17,19-20,31H,1,7-11,13,15-16,32H2,2-5H3/t17-,20?/m1/s1. The van der Waals surface area contributed by atoms with Crippen LogP contribution in [0.4, 0.5) is 17.5 Å². The lowest BCUT2D eigenvalue weighted by atomic mass is 9.73. The van der Waals surface area contributed by atoms with Crippen LogP contribution in [-0.4, -0.2) is 91.3 Å². The fourth-order valence-electron chi connectivity index (χ4n) is 6.14. The number of piperazine rings is 1. The number of nitrogens with one attached hydrogen (secondary N) is 1. The van der Waals surface area contributed by atoms with Crippen LogP contribution in [0.15, 0.2) is 18.7 Å². The maximum Gasteiger partial charge on any atom is 0.246 e. The number of aromatic nitrogens is 2. The number of hydrogen-bond donors (Lipinski definition) is 2. The molecular formula is C29H39ClN8O. The Kier molecular flexibility index (Phi) is 7.57. The quantitative estimate of drug-likeness (QED) is 0.323. The second-order valence-corrected chi connectivity index (χ2v) is 11.7. The van der Waals surface area contributed by atoms with Gasteiger partial charge < -0.3 is 30.7 Å². The fourth-order valence-corrected chi connectivity index (χ4v) is 6.44. The monoisotopic (exact) mass is 550 g/mol. The predicted octanol–water partition coefficient (Wildman–Crippen LogP) is 3.12. The van der Waals surface area contributed by atoms with Crippen LogP contribution in [0.25, 0.3) is 0 Å². The lowest BCUT2D eigenvalue weighted by molar-refractivity contribution is -0.126. The number of nitrogens with two attached hydrogens (primary N) is 1. The molecule has 0 bridgehead atoms. The van der Waals surface area contributed by atoms with Crippen molar-refractivity contribution >= 4 is 41.2 Å². The van der Waals surface area contributed by atoms with E-state index < -0.39 is 0 Å². The number of nitrogens with zero attached hydrogens (tertiary/aromatic N) is 6. The van der Waals surface area contributed by atoms with Gasteiger partial charge in [-0.2, -0.15) is 4.98 Å². The van der Waals surface area contributed by atoms with Crippen LogP contribution < -0.4 is 15.5 Å². The molecule has 208 valence electrons. The molecule has 39 heavy (non-hydrogen) atoms. The van der Waals surface area contributed by atoms with Crippen LogP contribution in [0.3, 0.4) is 0 Å². The first-order valence-corrected chi connectivity index (χ1v) is 14.1. The number of carbonyl (C=O) groups excluding carboxylic acids is 1. The van der Waals surface area contributed by atoms with Crippen LogP contribution in [0.1, 0.15) is 40.8 Å². The largest absolute Gasteiger partial charge is 0.398 e. The second-order valence-electron chi connectivity index (χ2n) is 11.4. The van der Waals surface area contributed by atoms with E-state index in [4.69, 9.17) is 32.7 Å². The van der Waals surface area contributed by atoms with Crippen molar-refractivity contribution in [1.82, 2.24) is 19.8 Å². The summed E-state index contributed by atoms with van der Waals surface area (Å²) in [7, 11) is 4.21. The maximum atomic E-state index is 12.2. The van der Waals surface area contributed by atoms with Gasteiger partial charge in [0.2, 0.25) is 11.9 Å². The molecule has 0 spiro atoms. The summed E-state index contributed by atoms with van der Waals surface area (Å²) in [6, 6.07) is 2.34. The predicted molar refractivity (Wildman–Crippen MR) is 159 cm³/mol. The number of likely N-dealkylation sites (N-methyl/N-ethyl adjacent to an activating group) is 1. The molecule has 2 aliphatic heterocycles. The summed E-state index contributed by atoms with van der Waals surface area (Å²) < 4.78 is 0. The van der Waals surface area contributed by atoms with Gasteiger partial charge in [0.05, 0.1) is 5.69 Å². The molecule has 0 saturated carbocycles. The van der Waals surface area contributed by atoms with Crippen molar-refractivity contribution in [3.63, 3.8) is 0 Å². The zero-order valence-corrected chi connectivity index (χ0v) is 24.1. The van der Waals surface area contributed by atoms with Crippen LogP contribution in [0.2, 0.25) is 5.02 Å². The molecule has 5 rings (SSSR count). The van der Waals surface area contributed by atoms with E-state index in [-0.39, 0.29) is 17.7 Å². The van der Waals surface area contributed by atoms with Gasteiger partial charge in [-0.05, 0) is 69.0 Å². The number of amides is 1. The van der Waals surface area contributed by atoms with Crippen LogP contribution >= 0.6 is 11.6 Å². The molecule has 3 heterocycles. The van der Waals surface area contributed by atoms with Gasteiger partial charge in [-0.3, -0.25) is 4.79 Å². The minimum atomic E-state index is -0.0249. The molecule has 1 aliphatic carbocycles. The Hall–Kier alpha value is -3.17. The van der Waals surface area contributed by atoms with Crippen molar-refractivity contribution in [1.29, 1.82) is 5.41 Å². The molecule has 9 nitrogen and oxygen atoms in total. The molecule has 0 radical (unpaired) electrons. The second kappa shape index (κ2) is 10.8. The van der Waals surface area contributed by atoms with E-state index in [2.05, 4.69) is 42.3 Å². The van der Waals surface area contributed by atoms with Crippen molar-refractivity contribution in [2.45, 2.75) is 38.6 Å². The zero-order chi connectivity index (χ0) is 28.0. The van der Waals surface area contributed by atoms with E-state index in [1.54, 1.807) is 0 Å². The molecule has 2 fully saturated rings. The van der Waals surface area contributed by atoms with Crippen LogP contribution in [0, 0.1) is 18.3 Å². The number of halogens is 1. The molecule has 1 amide bonds.